The first-order valence-electron chi connectivity index (χ1n) is 18.4. The average Bonchev–Trinajstić information content (AvgIpc) is 3.68. The molecule has 8 heteroatoms. The summed E-state index contributed by atoms with van der Waals surface area (Å²) in [5.41, 5.74) is 7.68. The van der Waals surface area contributed by atoms with Gasteiger partial charge < -0.3 is 0 Å². The van der Waals surface area contributed by atoms with E-state index in [-0.39, 0.29) is 0 Å². The predicted octanol–water partition coefficient (Wildman–Crippen LogP) is 12.0. The summed E-state index contributed by atoms with van der Waals surface area (Å²) < 4.78 is 2.23. The smallest absolute Gasteiger partial charge is 0.164 e. The third kappa shape index (κ3) is 6.59. The molecular weight excluding hydrogens is 719 g/mol. The van der Waals surface area contributed by atoms with E-state index in [1.54, 1.807) is 11.3 Å². The zero-order valence-electron chi connectivity index (χ0n) is 30.3. The second-order valence-corrected chi connectivity index (χ2v) is 14.6. The van der Waals surface area contributed by atoms with Gasteiger partial charge in [0.1, 0.15) is 0 Å². The number of fused-ring (bicyclic) bond motifs is 3. The highest BCUT2D eigenvalue weighted by molar-refractivity contribution is 7.26. The maximum Gasteiger partial charge on any atom is 0.164 e. The van der Waals surface area contributed by atoms with Crippen LogP contribution in [0.1, 0.15) is 5.56 Å². The van der Waals surface area contributed by atoms with Gasteiger partial charge in [-0.15, -0.1) is 11.3 Å². The first-order valence-corrected chi connectivity index (χ1v) is 19.2. The Morgan fingerprint density at radius 3 is 1.30 bits per heavy atom. The minimum Gasteiger partial charge on any atom is -0.208 e. The highest BCUT2D eigenvalue weighted by atomic mass is 32.1. The first kappa shape index (κ1) is 33.8. The summed E-state index contributed by atoms with van der Waals surface area (Å²) in [5.74, 6) is 3.49. The molecule has 0 radical (unpaired) electrons. The van der Waals surface area contributed by atoms with Gasteiger partial charge in [0.25, 0.3) is 0 Å². The van der Waals surface area contributed by atoms with Gasteiger partial charge in [-0.3, -0.25) is 0 Å². The van der Waals surface area contributed by atoms with Crippen molar-refractivity contribution in [2.75, 3.05) is 0 Å². The Balaban J connectivity index is 1.10. The SMILES string of the molecule is N#Cc1cc(-c2ccc3c(c2)sc2cccc(-c4nc(-c5ccccc5)nc(-c5ccccc5)n4)c23)cc(-c2nc(-c3ccccc3)nc(-c3ccccc3)n2)c1. The number of nitriles is 1. The Morgan fingerprint density at radius 1 is 0.351 bits per heavy atom. The molecule has 0 N–H and O–H groups in total. The van der Waals surface area contributed by atoms with Gasteiger partial charge in [-0.1, -0.05) is 146 Å². The van der Waals surface area contributed by atoms with E-state index in [0.29, 0.717) is 40.5 Å². The van der Waals surface area contributed by atoms with Crippen molar-refractivity contribution in [2.45, 2.75) is 0 Å². The lowest BCUT2D eigenvalue weighted by Gasteiger charge is -2.11. The van der Waals surface area contributed by atoms with Crippen molar-refractivity contribution in [2.24, 2.45) is 0 Å². The monoisotopic (exact) mass is 747 g/mol. The fraction of sp³-hybridized carbons (Fsp3) is 0. The third-order valence-corrected chi connectivity index (χ3v) is 10.9. The van der Waals surface area contributed by atoms with Crippen LogP contribution in [0.3, 0.4) is 0 Å². The Hall–Kier alpha value is -7.73. The van der Waals surface area contributed by atoms with Crippen LogP contribution >= 0.6 is 11.3 Å². The molecule has 10 aromatic rings. The third-order valence-electron chi connectivity index (χ3n) is 9.79. The van der Waals surface area contributed by atoms with Gasteiger partial charge >= 0.3 is 0 Å². The molecule has 266 valence electrons. The van der Waals surface area contributed by atoms with Crippen LogP contribution in [-0.4, -0.2) is 29.9 Å². The van der Waals surface area contributed by atoms with Crippen LogP contribution in [-0.2, 0) is 0 Å². The van der Waals surface area contributed by atoms with E-state index in [4.69, 9.17) is 29.9 Å². The summed E-state index contributed by atoms with van der Waals surface area (Å²) in [6.07, 6.45) is 0. The molecule has 3 aromatic heterocycles. The summed E-state index contributed by atoms with van der Waals surface area (Å²) in [5, 5.41) is 12.4. The van der Waals surface area contributed by atoms with Gasteiger partial charge in [0.05, 0.1) is 11.6 Å². The Morgan fingerprint density at radius 2 is 0.807 bits per heavy atom. The number of aromatic nitrogens is 6. The lowest BCUT2D eigenvalue weighted by atomic mass is 9.98. The molecule has 0 saturated carbocycles. The Bertz CT molecular complexity index is 3010. The van der Waals surface area contributed by atoms with Gasteiger partial charge in [-0.25, -0.2) is 29.9 Å². The van der Waals surface area contributed by atoms with Crippen molar-refractivity contribution in [3.05, 3.63) is 181 Å². The quantitative estimate of drug-likeness (QED) is 0.160. The van der Waals surface area contributed by atoms with Gasteiger partial charge in [0, 0.05) is 53.6 Å². The maximum atomic E-state index is 10.2. The molecule has 3 heterocycles. The molecular formula is C49H29N7S. The standard InChI is InChI=1S/C49H29N7S/c50-30-31-26-37(28-38(27-31)48-53-44(32-14-5-1-6-15-32)51-45(54-48)33-16-7-2-8-17-33)36-24-25-39-42(29-36)57-41-23-13-22-40(43(39)41)49-55-46(34-18-9-3-10-19-34)52-47(56-49)35-20-11-4-12-21-35/h1-29H. The number of thiophene rings is 1. The molecule has 10 rings (SSSR count). The maximum absolute atomic E-state index is 10.2. The van der Waals surface area contributed by atoms with Crippen LogP contribution in [0.5, 0.6) is 0 Å². The number of benzene rings is 7. The summed E-state index contributed by atoms with van der Waals surface area (Å²) in [6.45, 7) is 0. The number of nitrogens with zero attached hydrogens (tertiary/aromatic N) is 7. The van der Waals surface area contributed by atoms with Crippen molar-refractivity contribution in [3.63, 3.8) is 0 Å². The molecule has 0 aliphatic rings. The van der Waals surface area contributed by atoms with Gasteiger partial charge in [-0.05, 0) is 41.5 Å². The fourth-order valence-corrected chi connectivity index (χ4v) is 8.22. The largest absolute Gasteiger partial charge is 0.208 e. The summed E-state index contributed by atoms with van der Waals surface area (Å²) >= 11 is 1.72. The van der Waals surface area contributed by atoms with E-state index >= 15 is 0 Å². The minimum atomic E-state index is 0.496. The molecule has 57 heavy (non-hydrogen) atoms. The molecule has 0 saturated heterocycles. The number of hydrogen-bond acceptors (Lipinski definition) is 8. The Kier molecular flexibility index (Phi) is 8.60. The zero-order chi connectivity index (χ0) is 38.1. The number of hydrogen-bond donors (Lipinski definition) is 0. The van der Waals surface area contributed by atoms with Crippen molar-refractivity contribution in [3.8, 4) is 85.5 Å². The van der Waals surface area contributed by atoms with E-state index < -0.39 is 0 Å². The van der Waals surface area contributed by atoms with Crippen LogP contribution in [0.25, 0.3) is 99.6 Å². The van der Waals surface area contributed by atoms with Gasteiger partial charge in [0.15, 0.2) is 34.9 Å². The topological polar surface area (TPSA) is 101 Å². The molecule has 0 amide bonds. The zero-order valence-corrected chi connectivity index (χ0v) is 31.1. The summed E-state index contributed by atoms with van der Waals surface area (Å²) in [4.78, 5) is 29.7. The molecule has 0 unspecified atom stereocenters. The van der Waals surface area contributed by atoms with Crippen molar-refractivity contribution in [1.82, 2.24) is 29.9 Å². The van der Waals surface area contributed by atoms with Crippen LogP contribution in [0.15, 0.2) is 176 Å². The predicted molar refractivity (Wildman–Crippen MR) is 229 cm³/mol. The van der Waals surface area contributed by atoms with E-state index in [9.17, 15) is 5.26 Å². The second-order valence-electron chi connectivity index (χ2n) is 13.5. The van der Waals surface area contributed by atoms with Crippen molar-refractivity contribution in [1.29, 1.82) is 5.26 Å². The molecule has 0 atom stereocenters. The van der Waals surface area contributed by atoms with E-state index in [1.807, 2.05) is 133 Å². The molecule has 0 aliphatic carbocycles. The molecule has 0 fully saturated rings. The van der Waals surface area contributed by atoms with Crippen molar-refractivity contribution < 1.29 is 0 Å². The summed E-state index contributed by atoms with van der Waals surface area (Å²) in [6, 6.07) is 60.8. The Labute approximate surface area is 332 Å². The first-order chi connectivity index (χ1) is 28.2. The molecule has 7 nitrogen and oxygen atoms in total. The fourth-order valence-electron chi connectivity index (χ4n) is 7.05. The van der Waals surface area contributed by atoms with Crippen LogP contribution in [0, 0.1) is 11.3 Å². The minimum absolute atomic E-state index is 0.496. The summed E-state index contributed by atoms with van der Waals surface area (Å²) in [7, 11) is 0. The lowest BCUT2D eigenvalue weighted by Crippen LogP contribution is -2.00. The van der Waals surface area contributed by atoms with Crippen LogP contribution in [0.2, 0.25) is 0 Å². The molecule has 0 aliphatic heterocycles. The molecule has 7 aromatic carbocycles. The molecule has 0 bridgehead atoms. The van der Waals surface area contributed by atoms with E-state index in [1.165, 1.54) is 0 Å². The van der Waals surface area contributed by atoms with Crippen LogP contribution < -0.4 is 0 Å². The van der Waals surface area contributed by atoms with Gasteiger partial charge in [0.2, 0.25) is 0 Å². The molecule has 0 spiro atoms. The van der Waals surface area contributed by atoms with E-state index in [0.717, 1.165) is 64.7 Å². The highest BCUT2D eigenvalue weighted by Crippen LogP contribution is 2.42. The number of rotatable bonds is 7. The average molecular weight is 748 g/mol. The van der Waals surface area contributed by atoms with Gasteiger partial charge in [-0.2, -0.15) is 5.26 Å². The highest BCUT2D eigenvalue weighted by Gasteiger charge is 2.19. The van der Waals surface area contributed by atoms with Crippen molar-refractivity contribution >= 4 is 31.5 Å². The lowest BCUT2D eigenvalue weighted by molar-refractivity contribution is 1.07. The normalized spacial score (nSPS) is 11.1. The van der Waals surface area contributed by atoms with Crippen LogP contribution in [0.4, 0.5) is 0 Å². The second kappa shape index (κ2) is 14.5. The van der Waals surface area contributed by atoms with E-state index in [2.05, 4.69) is 48.5 Å².